The van der Waals surface area contributed by atoms with Crippen molar-refractivity contribution >= 4 is 5.78 Å². The van der Waals surface area contributed by atoms with Crippen LogP contribution in [0.2, 0.25) is 0 Å². The highest BCUT2D eigenvalue weighted by molar-refractivity contribution is 6.02. The number of hydrogen-bond acceptors (Lipinski definition) is 2. The Morgan fingerprint density at radius 3 is 2.76 bits per heavy atom. The first-order valence-electron chi connectivity index (χ1n) is 6.01. The minimum Gasteiger partial charge on any atom is -0.327 e. The first kappa shape index (κ1) is 12.2. The molecule has 1 aliphatic carbocycles. The molecule has 0 saturated heterocycles. The van der Waals surface area contributed by atoms with Gasteiger partial charge >= 0.3 is 0 Å². The number of hydrogen-bond donors (Lipinski definition) is 1. The second-order valence-corrected chi connectivity index (χ2v) is 5.20. The third-order valence-corrected chi connectivity index (χ3v) is 3.98. The summed E-state index contributed by atoms with van der Waals surface area (Å²) in [6, 6.07) is 4.23. The Balaban J connectivity index is 2.37. The molecule has 3 heteroatoms. The van der Waals surface area contributed by atoms with Crippen LogP contribution in [0.4, 0.5) is 4.39 Å². The fraction of sp³-hybridized carbons (Fsp3) is 0.500. The molecule has 2 unspecified atom stereocenters. The number of carbonyl (C=O) groups is 1. The fourth-order valence-corrected chi connectivity index (χ4v) is 2.66. The highest BCUT2D eigenvalue weighted by Crippen LogP contribution is 2.40. The molecule has 2 rings (SSSR count). The van der Waals surface area contributed by atoms with E-state index in [1.165, 1.54) is 12.1 Å². The van der Waals surface area contributed by atoms with E-state index >= 15 is 0 Å². The minimum atomic E-state index is -0.484. The number of ketones is 1. The van der Waals surface area contributed by atoms with Crippen molar-refractivity contribution in [1.29, 1.82) is 0 Å². The van der Waals surface area contributed by atoms with Crippen LogP contribution < -0.4 is 5.73 Å². The molecule has 2 atom stereocenters. The molecule has 2 nitrogen and oxygen atoms in total. The number of Topliss-reactive ketones (excluding diaryl/α,β-unsaturated/α-hetero) is 1. The second-order valence-electron chi connectivity index (χ2n) is 5.20. The van der Waals surface area contributed by atoms with Crippen LogP contribution >= 0.6 is 0 Å². The Morgan fingerprint density at radius 2 is 2.24 bits per heavy atom. The Morgan fingerprint density at radius 1 is 1.53 bits per heavy atom. The van der Waals surface area contributed by atoms with Crippen molar-refractivity contribution in [2.24, 2.45) is 11.1 Å². The van der Waals surface area contributed by atoms with E-state index in [0.717, 1.165) is 19.3 Å². The van der Waals surface area contributed by atoms with Gasteiger partial charge in [-0.15, -0.1) is 0 Å². The summed E-state index contributed by atoms with van der Waals surface area (Å²) >= 11 is 0. The van der Waals surface area contributed by atoms with Crippen molar-refractivity contribution in [3.63, 3.8) is 0 Å². The number of carbonyl (C=O) groups excluding carboxylic acids is 1. The average Bonchev–Trinajstić information content (AvgIpc) is 2.60. The molecule has 0 aromatic heterocycles. The predicted octanol–water partition coefficient (Wildman–Crippen LogP) is 2.83. The van der Waals surface area contributed by atoms with E-state index in [9.17, 15) is 9.18 Å². The largest absolute Gasteiger partial charge is 0.327 e. The lowest BCUT2D eigenvalue weighted by Crippen LogP contribution is -2.41. The molecule has 1 aromatic carbocycles. The van der Waals surface area contributed by atoms with E-state index in [-0.39, 0.29) is 17.6 Å². The molecule has 1 aromatic rings. The van der Waals surface area contributed by atoms with Gasteiger partial charge in [0.2, 0.25) is 0 Å². The smallest absolute Gasteiger partial charge is 0.170 e. The van der Waals surface area contributed by atoms with Crippen LogP contribution in [0.25, 0.3) is 0 Å². The van der Waals surface area contributed by atoms with Crippen LogP contribution in [0.3, 0.4) is 0 Å². The van der Waals surface area contributed by atoms with Gasteiger partial charge in [0.15, 0.2) is 5.78 Å². The van der Waals surface area contributed by atoms with Crippen LogP contribution in [0.1, 0.15) is 42.1 Å². The van der Waals surface area contributed by atoms with Gasteiger partial charge in [-0.05, 0) is 43.5 Å². The van der Waals surface area contributed by atoms with Gasteiger partial charge in [0.05, 0.1) is 0 Å². The summed E-state index contributed by atoms with van der Waals surface area (Å²) in [5.41, 5.74) is 6.85. The topological polar surface area (TPSA) is 43.1 Å². The normalized spacial score (nSPS) is 28.4. The maximum atomic E-state index is 13.0. The monoisotopic (exact) mass is 235 g/mol. The summed E-state index contributed by atoms with van der Waals surface area (Å²) < 4.78 is 13.0. The molecule has 0 radical (unpaired) electrons. The third kappa shape index (κ3) is 2.00. The van der Waals surface area contributed by atoms with Gasteiger partial charge in [0, 0.05) is 17.0 Å². The molecule has 1 saturated carbocycles. The lowest BCUT2D eigenvalue weighted by atomic mass is 9.77. The quantitative estimate of drug-likeness (QED) is 0.801. The number of halogens is 1. The molecule has 2 N–H and O–H groups in total. The summed E-state index contributed by atoms with van der Waals surface area (Å²) in [4.78, 5) is 12.5. The van der Waals surface area contributed by atoms with E-state index < -0.39 is 5.41 Å². The lowest BCUT2D eigenvalue weighted by Gasteiger charge is -2.28. The van der Waals surface area contributed by atoms with Crippen molar-refractivity contribution in [3.8, 4) is 0 Å². The van der Waals surface area contributed by atoms with Crippen molar-refractivity contribution in [3.05, 3.63) is 35.1 Å². The second kappa shape index (κ2) is 4.22. The maximum Gasteiger partial charge on any atom is 0.170 e. The van der Waals surface area contributed by atoms with E-state index in [2.05, 4.69) is 0 Å². The molecular formula is C14H18FNO. The van der Waals surface area contributed by atoms with Crippen LogP contribution in [-0.2, 0) is 0 Å². The summed E-state index contributed by atoms with van der Waals surface area (Å²) in [6.07, 6.45) is 2.70. The highest BCUT2D eigenvalue weighted by Gasteiger charge is 2.43. The molecular weight excluding hydrogens is 217 g/mol. The minimum absolute atomic E-state index is 0.0556. The molecule has 1 fully saturated rings. The fourth-order valence-electron chi connectivity index (χ4n) is 2.66. The van der Waals surface area contributed by atoms with Crippen molar-refractivity contribution < 1.29 is 9.18 Å². The molecule has 1 aliphatic rings. The molecule has 0 heterocycles. The number of benzene rings is 1. The van der Waals surface area contributed by atoms with E-state index in [1.807, 2.05) is 6.92 Å². The summed E-state index contributed by atoms with van der Waals surface area (Å²) in [5, 5.41) is 0. The number of nitrogens with two attached hydrogens (primary N) is 1. The van der Waals surface area contributed by atoms with Gasteiger partial charge in [0.25, 0.3) is 0 Å². The maximum absolute atomic E-state index is 13.0. The SMILES string of the molecule is Cc1cc(F)ccc1C(=O)C1(C)CCCC1N. The molecule has 17 heavy (non-hydrogen) atoms. The highest BCUT2D eigenvalue weighted by atomic mass is 19.1. The van der Waals surface area contributed by atoms with E-state index in [1.54, 1.807) is 13.0 Å². The predicted molar refractivity (Wildman–Crippen MR) is 65.4 cm³/mol. The zero-order valence-corrected chi connectivity index (χ0v) is 10.3. The van der Waals surface area contributed by atoms with Gasteiger partial charge < -0.3 is 5.73 Å². The Kier molecular flexibility index (Phi) is 3.04. The van der Waals surface area contributed by atoms with Gasteiger partial charge in [-0.2, -0.15) is 0 Å². The molecule has 92 valence electrons. The average molecular weight is 235 g/mol. The standard InChI is InChI=1S/C14H18FNO/c1-9-8-10(15)5-6-11(9)13(17)14(2)7-3-4-12(14)16/h5-6,8,12H,3-4,7,16H2,1-2H3. The molecule has 0 bridgehead atoms. The molecule has 0 amide bonds. The van der Waals surface area contributed by atoms with Gasteiger partial charge in [-0.25, -0.2) is 4.39 Å². The van der Waals surface area contributed by atoms with Crippen LogP contribution in [0.15, 0.2) is 18.2 Å². The van der Waals surface area contributed by atoms with Gasteiger partial charge in [-0.1, -0.05) is 13.3 Å². The Labute approximate surface area is 101 Å². The summed E-state index contributed by atoms with van der Waals surface area (Å²) in [6.45, 7) is 3.69. The zero-order valence-electron chi connectivity index (χ0n) is 10.3. The van der Waals surface area contributed by atoms with E-state index in [0.29, 0.717) is 11.1 Å². The van der Waals surface area contributed by atoms with Gasteiger partial charge in [-0.3, -0.25) is 4.79 Å². The zero-order chi connectivity index (χ0) is 12.6. The Hall–Kier alpha value is -1.22. The first-order chi connectivity index (χ1) is 7.95. The number of rotatable bonds is 2. The summed E-state index contributed by atoms with van der Waals surface area (Å²) in [7, 11) is 0. The molecule has 0 spiro atoms. The number of aryl methyl sites for hydroxylation is 1. The van der Waals surface area contributed by atoms with Crippen molar-refractivity contribution in [2.45, 2.75) is 39.2 Å². The van der Waals surface area contributed by atoms with Crippen molar-refractivity contribution in [2.75, 3.05) is 0 Å². The summed E-state index contributed by atoms with van der Waals surface area (Å²) in [5.74, 6) is -0.250. The lowest BCUT2D eigenvalue weighted by molar-refractivity contribution is 0.0802. The first-order valence-corrected chi connectivity index (χ1v) is 6.01. The van der Waals surface area contributed by atoms with E-state index in [4.69, 9.17) is 5.73 Å². The molecule has 0 aliphatic heterocycles. The van der Waals surface area contributed by atoms with Crippen LogP contribution in [0.5, 0.6) is 0 Å². The van der Waals surface area contributed by atoms with Gasteiger partial charge in [0.1, 0.15) is 5.82 Å². The van der Waals surface area contributed by atoms with Crippen LogP contribution in [0, 0.1) is 18.2 Å². The Bertz CT molecular complexity index is 458. The third-order valence-electron chi connectivity index (χ3n) is 3.98. The van der Waals surface area contributed by atoms with Crippen LogP contribution in [-0.4, -0.2) is 11.8 Å². The van der Waals surface area contributed by atoms with Crippen molar-refractivity contribution in [1.82, 2.24) is 0 Å².